The highest BCUT2D eigenvalue weighted by atomic mass is 15.2. The van der Waals surface area contributed by atoms with Gasteiger partial charge in [0.15, 0.2) is 6.21 Å². The number of rotatable bonds is 1. The van der Waals surface area contributed by atoms with Crippen LogP contribution in [0.1, 0.15) is 6.92 Å². The Balaban J connectivity index is 2.44. The second-order valence-electron chi connectivity index (χ2n) is 1.86. The molecule has 0 aromatic heterocycles. The summed E-state index contributed by atoms with van der Waals surface area (Å²) in [4.78, 5) is 0. The van der Waals surface area contributed by atoms with Crippen LogP contribution in [0.2, 0.25) is 0 Å². The first-order valence-electron chi connectivity index (χ1n) is 2.44. The van der Waals surface area contributed by atoms with Crippen LogP contribution in [0, 0.1) is 5.41 Å². The van der Waals surface area contributed by atoms with E-state index in [0.717, 1.165) is 6.54 Å². The van der Waals surface area contributed by atoms with Crippen molar-refractivity contribution in [3.63, 3.8) is 0 Å². The highest BCUT2D eigenvalue weighted by Crippen LogP contribution is 2.04. The van der Waals surface area contributed by atoms with Crippen molar-refractivity contribution >= 4 is 12.4 Å². The van der Waals surface area contributed by atoms with Gasteiger partial charge in [0.2, 0.25) is 12.6 Å². The standard InChI is InChI=1S/C5H9N2/c1-5-4-7(5)3-2-6/h2-3,5-6H,4H2,1H3/q+1. The van der Waals surface area contributed by atoms with Crippen molar-refractivity contribution in [3.05, 3.63) is 0 Å². The molecule has 1 aliphatic rings. The minimum Gasteiger partial charge on any atom is -0.303 e. The smallest absolute Gasteiger partial charge is 0.208 e. The zero-order valence-electron chi connectivity index (χ0n) is 4.39. The van der Waals surface area contributed by atoms with E-state index in [-0.39, 0.29) is 0 Å². The minimum atomic E-state index is 0.696. The molecule has 2 nitrogen and oxygen atoms in total. The molecule has 1 fully saturated rings. The van der Waals surface area contributed by atoms with Crippen molar-refractivity contribution in [2.24, 2.45) is 0 Å². The summed E-state index contributed by atoms with van der Waals surface area (Å²) in [6, 6.07) is 0.696. The second kappa shape index (κ2) is 1.45. The van der Waals surface area contributed by atoms with Gasteiger partial charge in [-0.15, -0.1) is 0 Å². The number of nitrogens with zero attached hydrogens (tertiary/aromatic N) is 1. The fraction of sp³-hybridized carbons (Fsp3) is 0.600. The predicted molar refractivity (Wildman–Crippen MR) is 29.4 cm³/mol. The lowest BCUT2D eigenvalue weighted by Gasteiger charge is -1.59. The molecule has 1 heterocycles. The van der Waals surface area contributed by atoms with Crippen LogP contribution in [0.25, 0.3) is 0 Å². The molecule has 0 saturated carbocycles. The molecule has 0 aliphatic carbocycles. The topological polar surface area (TPSA) is 26.9 Å². The molecule has 1 N–H and O–H groups in total. The lowest BCUT2D eigenvalue weighted by Crippen LogP contribution is -1.85. The number of hydrogen-bond donors (Lipinski definition) is 1. The van der Waals surface area contributed by atoms with Crippen LogP contribution in [0.4, 0.5) is 0 Å². The molecule has 2 heteroatoms. The molecule has 38 valence electrons. The van der Waals surface area contributed by atoms with Crippen molar-refractivity contribution < 1.29 is 4.58 Å². The Hall–Kier alpha value is -0.660. The third-order valence-corrected chi connectivity index (χ3v) is 1.17. The average molecular weight is 97.1 g/mol. The minimum absolute atomic E-state index is 0.696. The van der Waals surface area contributed by atoms with Gasteiger partial charge >= 0.3 is 0 Å². The maximum Gasteiger partial charge on any atom is 0.208 e. The molecule has 0 aromatic carbocycles. The zero-order valence-corrected chi connectivity index (χ0v) is 4.39. The lowest BCUT2D eigenvalue weighted by atomic mass is 10.6. The van der Waals surface area contributed by atoms with E-state index in [9.17, 15) is 0 Å². The summed E-state index contributed by atoms with van der Waals surface area (Å²) < 4.78 is 2.10. The summed E-state index contributed by atoms with van der Waals surface area (Å²) in [7, 11) is 0. The monoisotopic (exact) mass is 97.1 g/mol. The highest BCUT2D eigenvalue weighted by Gasteiger charge is 2.33. The molecule has 0 radical (unpaired) electrons. The van der Waals surface area contributed by atoms with E-state index in [1.54, 1.807) is 6.21 Å². The van der Waals surface area contributed by atoms with Gasteiger partial charge in [0.05, 0.1) is 6.21 Å². The SMILES string of the molecule is CC1C[N+]1=CC=N. The summed E-state index contributed by atoms with van der Waals surface area (Å²) in [5.41, 5.74) is 0. The molecule has 0 amide bonds. The maximum absolute atomic E-state index is 6.64. The number of hydrogen-bond acceptors (Lipinski definition) is 1. The third kappa shape index (κ3) is 0.856. The molecule has 1 aliphatic heterocycles. The van der Waals surface area contributed by atoms with Crippen LogP contribution in [0.5, 0.6) is 0 Å². The van der Waals surface area contributed by atoms with E-state index < -0.39 is 0 Å². The summed E-state index contributed by atoms with van der Waals surface area (Å²) in [5.74, 6) is 0. The summed E-state index contributed by atoms with van der Waals surface area (Å²) in [5, 5.41) is 6.64. The van der Waals surface area contributed by atoms with Gasteiger partial charge in [-0.2, -0.15) is 0 Å². The maximum atomic E-state index is 6.64. The fourth-order valence-corrected chi connectivity index (χ4v) is 0.561. The third-order valence-electron chi connectivity index (χ3n) is 1.17. The van der Waals surface area contributed by atoms with E-state index in [4.69, 9.17) is 5.41 Å². The number of nitrogens with one attached hydrogen (secondary N) is 1. The first-order chi connectivity index (χ1) is 3.34. The molecule has 1 rings (SSSR count). The average Bonchev–Trinajstić information content (AvgIpc) is 2.22. The fourth-order valence-electron chi connectivity index (χ4n) is 0.561. The molecule has 1 saturated heterocycles. The molecule has 7 heavy (non-hydrogen) atoms. The van der Waals surface area contributed by atoms with Crippen molar-refractivity contribution in [1.82, 2.24) is 0 Å². The van der Waals surface area contributed by atoms with E-state index in [2.05, 4.69) is 11.5 Å². The highest BCUT2D eigenvalue weighted by molar-refractivity contribution is 6.12. The Kier molecular flexibility index (Phi) is 0.929. The molecular weight excluding hydrogens is 88.1 g/mol. The lowest BCUT2D eigenvalue weighted by molar-refractivity contribution is -0.349. The molecule has 0 spiro atoms. The van der Waals surface area contributed by atoms with Crippen LogP contribution < -0.4 is 0 Å². The van der Waals surface area contributed by atoms with Crippen molar-refractivity contribution in [3.8, 4) is 0 Å². The van der Waals surface area contributed by atoms with Crippen LogP contribution >= 0.6 is 0 Å². The van der Waals surface area contributed by atoms with Crippen LogP contribution in [-0.4, -0.2) is 29.6 Å². The second-order valence-corrected chi connectivity index (χ2v) is 1.86. The Morgan fingerprint density at radius 3 is 2.57 bits per heavy atom. The molecule has 0 aromatic rings. The first kappa shape index (κ1) is 4.50. The normalized spacial score (nSPS) is 33.3. The molecule has 0 bridgehead atoms. The Labute approximate surface area is 43.0 Å². The van der Waals surface area contributed by atoms with E-state index in [1.807, 2.05) is 0 Å². The van der Waals surface area contributed by atoms with Gasteiger partial charge in [0.1, 0.15) is 0 Å². The predicted octanol–water partition coefficient (Wildman–Crippen LogP) is 0.121. The van der Waals surface area contributed by atoms with Crippen molar-refractivity contribution in [2.45, 2.75) is 13.0 Å². The van der Waals surface area contributed by atoms with E-state index in [0.29, 0.717) is 6.04 Å². The van der Waals surface area contributed by atoms with Crippen LogP contribution in [0.3, 0.4) is 0 Å². The Morgan fingerprint density at radius 1 is 1.86 bits per heavy atom. The van der Waals surface area contributed by atoms with Crippen molar-refractivity contribution in [1.29, 1.82) is 5.41 Å². The summed E-state index contributed by atoms with van der Waals surface area (Å²) >= 11 is 0. The first-order valence-corrected chi connectivity index (χ1v) is 2.44. The largest absolute Gasteiger partial charge is 0.303 e. The van der Waals surface area contributed by atoms with Crippen LogP contribution in [0.15, 0.2) is 0 Å². The van der Waals surface area contributed by atoms with Gasteiger partial charge in [0.25, 0.3) is 0 Å². The van der Waals surface area contributed by atoms with Gasteiger partial charge in [-0.1, -0.05) is 0 Å². The zero-order chi connectivity index (χ0) is 5.28. The van der Waals surface area contributed by atoms with Gasteiger partial charge in [-0.3, -0.25) is 0 Å². The Bertz CT molecular complexity index is 115. The Morgan fingerprint density at radius 2 is 2.43 bits per heavy atom. The van der Waals surface area contributed by atoms with Gasteiger partial charge in [-0.25, -0.2) is 4.58 Å². The quantitative estimate of drug-likeness (QED) is 0.273. The van der Waals surface area contributed by atoms with Crippen LogP contribution in [-0.2, 0) is 0 Å². The van der Waals surface area contributed by atoms with Gasteiger partial charge in [0, 0.05) is 6.92 Å². The molecule has 1 atom stereocenters. The van der Waals surface area contributed by atoms with Gasteiger partial charge in [-0.05, 0) is 0 Å². The molecular formula is C5H9N2+. The van der Waals surface area contributed by atoms with Gasteiger partial charge < -0.3 is 5.41 Å². The molecule has 1 unspecified atom stereocenters. The summed E-state index contributed by atoms with van der Waals surface area (Å²) in [6.07, 6.45) is 3.12. The summed E-state index contributed by atoms with van der Waals surface area (Å²) in [6.45, 7) is 3.27. The van der Waals surface area contributed by atoms with E-state index in [1.165, 1.54) is 6.21 Å². The van der Waals surface area contributed by atoms with Crippen molar-refractivity contribution in [2.75, 3.05) is 6.54 Å². The van der Waals surface area contributed by atoms with E-state index >= 15 is 0 Å².